The van der Waals surface area contributed by atoms with E-state index in [1.807, 2.05) is 0 Å². The van der Waals surface area contributed by atoms with Gasteiger partial charge in [0, 0.05) is 31.8 Å². The van der Waals surface area contributed by atoms with Gasteiger partial charge in [0.15, 0.2) is 0 Å². The number of hydrogen-bond acceptors (Lipinski definition) is 3. The van der Waals surface area contributed by atoms with Gasteiger partial charge >= 0.3 is 0 Å². The largest absolute Gasteiger partial charge is 0.380 e. The number of nitrogens with one attached hydrogen (secondary N) is 1. The van der Waals surface area contributed by atoms with Crippen LogP contribution in [-0.4, -0.2) is 50.3 Å². The van der Waals surface area contributed by atoms with Gasteiger partial charge in [0.25, 0.3) is 0 Å². The third-order valence-corrected chi connectivity index (χ3v) is 2.22. The van der Waals surface area contributed by atoms with Crippen molar-refractivity contribution in [2.24, 2.45) is 5.92 Å². The summed E-state index contributed by atoms with van der Waals surface area (Å²) in [5, 5.41) is 3.48. The van der Waals surface area contributed by atoms with Crippen LogP contribution in [0.4, 0.5) is 0 Å². The van der Waals surface area contributed by atoms with Crippen molar-refractivity contribution in [1.82, 2.24) is 10.2 Å². The zero-order valence-corrected chi connectivity index (χ0v) is 12.0. The molecule has 0 heterocycles. The van der Waals surface area contributed by atoms with Crippen LogP contribution in [0.2, 0.25) is 0 Å². The number of likely N-dealkylation sites (N-methyl/N-ethyl adjacent to an activating group) is 1. The van der Waals surface area contributed by atoms with Crippen molar-refractivity contribution in [2.75, 3.05) is 39.9 Å². The maximum absolute atomic E-state index is 5.55. The summed E-state index contributed by atoms with van der Waals surface area (Å²) in [4.78, 5) is 2.30. The maximum atomic E-state index is 5.55. The molecule has 0 atom stereocenters. The number of rotatable bonds is 8. The Balaban J connectivity index is 3.35. The van der Waals surface area contributed by atoms with Crippen LogP contribution in [0.25, 0.3) is 0 Å². The fourth-order valence-corrected chi connectivity index (χ4v) is 1.27. The van der Waals surface area contributed by atoms with Gasteiger partial charge in [-0.1, -0.05) is 13.8 Å². The first-order chi connectivity index (χ1) is 7.31. The van der Waals surface area contributed by atoms with Gasteiger partial charge in [-0.2, -0.15) is 0 Å². The molecule has 0 fully saturated rings. The van der Waals surface area contributed by atoms with Gasteiger partial charge in [-0.05, 0) is 33.7 Å². The van der Waals surface area contributed by atoms with E-state index < -0.39 is 0 Å². The molecular formula is C13H30N2O. The lowest BCUT2D eigenvalue weighted by atomic mass is 10.1. The molecule has 0 aliphatic carbocycles. The van der Waals surface area contributed by atoms with E-state index in [-0.39, 0.29) is 5.54 Å². The molecule has 0 bridgehead atoms. The highest BCUT2D eigenvalue weighted by Crippen LogP contribution is 1.97. The average Bonchev–Trinajstić information content (AvgIpc) is 2.10. The van der Waals surface area contributed by atoms with Crippen LogP contribution in [0.5, 0.6) is 0 Å². The summed E-state index contributed by atoms with van der Waals surface area (Å²) >= 11 is 0. The Bertz CT molecular complexity index is 164. The molecule has 0 saturated heterocycles. The Morgan fingerprint density at radius 2 is 1.81 bits per heavy atom. The van der Waals surface area contributed by atoms with E-state index in [2.05, 4.69) is 51.9 Å². The van der Waals surface area contributed by atoms with Crippen LogP contribution < -0.4 is 5.32 Å². The second-order valence-corrected chi connectivity index (χ2v) is 5.95. The predicted octanol–water partition coefficient (Wildman–Crippen LogP) is 1.98. The third-order valence-electron chi connectivity index (χ3n) is 2.22. The van der Waals surface area contributed by atoms with Crippen LogP contribution in [0, 0.1) is 5.92 Å². The minimum Gasteiger partial charge on any atom is -0.380 e. The first-order valence-electron chi connectivity index (χ1n) is 6.32. The summed E-state index contributed by atoms with van der Waals surface area (Å²) in [5.74, 6) is 0.632. The minimum atomic E-state index is 0.217. The highest BCUT2D eigenvalue weighted by molar-refractivity contribution is 4.70. The number of nitrogens with zero attached hydrogens (tertiary/aromatic N) is 1. The monoisotopic (exact) mass is 230 g/mol. The summed E-state index contributed by atoms with van der Waals surface area (Å²) < 4.78 is 5.55. The Morgan fingerprint density at radius 3 is 2.31 bits per heavy atom. The predicted molar refractivity (Wildman–Crippen MR) is 70.9 cm³/mol. The molecule has 0 aromatic rings. The van der Waals surface area contributed by atoms with Gasteiger partial charge < -0.3 is 15.0 Å². The average molecular weight is 230 g/mol. The molecule has 3 heteroatoms. The molecule has 0 aromatic carbocycles. The molecule has 0 unspecified atom stereocenters. The molecule has 0 amide bonds. The standard InChI is InChI=1S/C13H30N2O/c1-12(2)11-16-10-9-15(6)8-7-14-13(3,4)5/h12,14H,7-11H2,1-6H3. The second kappa shape index (κ2) is 8.04. The summed E-state index contributed by atoms with van der Waals surface area (Å²) in [5.41, 5.74) is 0.217. The van der Waals surface area contributed by atoms with Crippen molar-refractivity contribution in [3.63, 3.8) is 0 Å². The summed E-state index contributed by atoms with van der Waals surface area (Å²) in [6.07, 6.45) is 0. The Labute approximate surface area is 102 Å². The SMILES string of the molecule is CC(C)COCCN(C)CCNC(C)(C)C. The van der Waals surface area contributed by atoms with Gasteiger partial charge in [0.05, 0.1) is 6.61 Å². The van der Waals surface area contributed by atoms with E-state index in [1.165, 1.54) is 0 Å². The lowest BCUT2D eigenvalue weighted by Gasteiger charge is -2.23. The van der Waals surface area contributed by atoms with Crippen LogP contribution >= 0.6 is 0 Å². The molecular weight excluding hydrogens is 200 g/mol. The fraction of sp³-hybridized carbons (Fsp3) is 1.00. The molecule has 0 saturated carbocycles. The van der Waals surface area contributed by atoms with Crippen LogP contribution in [0.3, 0.4) is 0 Å². The topological polar surface area (TPSA) is 24.5 Å². The quantitative estimate of drug-likeness (QED) is 0.645. The molecule has 1 N–H and O–H groups in total. The van der Waals surface area contributed by atoms with Crippen molar-refractivity contribution < 1.29 is 4.74 Å². The van der Waals surface area contributed by atoms with E-state index in [9.17, 15) is 0 Å². The molecule has 16 heavy (non-hydrogen) atoms. The second-order valence-electron chi connectivity index (χ2n) is 5.95. The first kappa shape index (κ1) is 15.9. The van der Waals surface area contributed by atoms with Crippen LogP contribution in [-0.2, 0) is 4.74 Å². The minimum absolute atomic E-state index is 0.217. The molecule has 0 radical (unpaired) electrons. The fourth-order valence-electron chi connectivity index (χ4n) is 1.27. The van der Waals surface area contributed by atoms with E-state index in [0.29, 0.717) is 5.92 Å². The zero-order valence-electron chi connectivity index (χ0n) is 12.0. The Hall–Kier alpha value is -0.120. The summed E-state index contributed by atoms with van der Waals surface area (Å²) in [7, 11) is 2.14. The smallest absolute Gasteiger partial charge is 0.0593 e. The van der Waals surface area contributed by atoms with Gasteiger partial charge in [-0.3, -0.25) is 0 Å². The number of ether oxygens (including phenoxy) is 1. The highest BCUT2D eigenvalue weighted by atomic mass is 16.5. The van der Waals surface area contributed by atoms with Crippen molar-refractivity contribution in [2.45, 2.75) is 40.2 Å². The molecule has 0 spiro atoms. The summed E-state index contributed by atoms with van der Waals surface area (Å²) in [6, 6.07) is 0. The lowest BCUT2D eigenvalue weighted by Crippen LogP contribution is -2.41. The van der Waals surface area contributed by atoms with E-state index in [4.69, 9.17) is 4.74 Å². The van der Waals surface area contributed by atoms with E-state index >= 15 is 0 Å². The zero-order chi connectivity index (χ0) is 12.6. The molecule has 0 aliphatic heterocycles. The van der Waals surface area contributed by atoms with Crippen molar-refractivity contribution in [1.29, 1.82) is 0 Å². The Morgan fingerprint density at radius 1 is 1.19 bits per heavy atom. The lowest BCUT2D eigenvalue weighted by molar-refractivity contribution is 0.0914. The van der Waals surface area contributed by atoms with Crippen molar-refractivity contribution >= 4 is 0 Å². The molecule has 0 aliphatic rings. The Kier molecular flexibility index (Phi) is 7.98. The third kappa shape index (κ3) is 12.0. The molecule has 0 aromatic heterocycles. The van der Waals surface area contributed by atoms with E-state index in [0.717, 1.165) is 32.8 Å². The number of hydrogen-bond donors (Lipinski definition) is 1. The molecule has 3 nitrogen and oxygen atoms in total. The van der Waals surface area contributed by atoms with Crippen molar-refractivity contribution in [3.8, 4) is 0 Å². The molecule has 0 rings (SSSR count). The van der Waals surface area contributed by atoms with Crippen LogP contribution in [0.15, 0.2) is 0 Å². The van der Waals surface area contributed by atoms with Gasteiger partial charge in [-0.15, -0.1) is 0 Å². The van der Waals surface area contributed by atoms with E-state index in [1.54, 1.807) is 0 Å². The van der Waals surface area contributed by atoms with Crippen LogP contribution in [0.1, 0.15) is 34.6 Å². The van der Waals surface area contributed by atoms with Gasteiger partial charge in [-0.25, -0.2) is 0 Å². The van der Waals surface area contributed by atoms with Crippen molar-refractivity contribution in [3.05, 3.63) is 0 Å². The first-order valence-corrected chi connectivity index (χ1v) is 6.32. The molecule has 98 valence electrons. The van der Waals surface area contributed by atoms with Gasteiger partial charge in [0.2, 0.25) is 0 Å². The maximum Gasteiger partial charge on any atom is 0.0593 e. The normalized spacial score (nSPS) is 12.8. The highest BCUT2D eigenvalue weighted by Gasteiger charge is 2.08. The van der Waals surface area contributed by atoms with Gasteiger partial charge in [0.1, 0.15) is 0 Å². The summed E-state index contributed by atoms with van der Waals surface area (Å²) in [6.45, 7) is 15.8.